The van der Waals surface area contributed by atoms with Gasteiger partial charge in [0.1, 0.15) is 18.1 Å². The number of furan rings is 1. The Balaban J connectivity index is 1.35. The summed E-state index contributed by atoms with van der Waals surface area (Å²) in [5.41, 5.74) is 0.440. The lowest BCUT2D eigenvalue weighted by atomic mass is 10.3. The smallest absolute Gasteiger partial charge is 0.291 e. The monoisotopic (exact) mass is 444 g/mol. The molecule has 162 valence electrons. The van der Waals surface area contributed by atoms with Gasteiger partial charge in [-0.15, -0.1) is 0 Å². The number of fused-ring (bicyclic) bond motifs is 1. The van der Waals surface area contributed by atoms with Crippen molar-refractivity contribution in [3.63, 3.8) is 0 Å². The molecule has 1 amide bonds. The highest BCUT2D eigenvalue weighted by Crippen LogP contribution is 2.35. The molecule has 10 heteroatoms. The van der Waals surface area contributed by atoms with Crippen molar-refractivity contribution >= 4 is 21.6 Å². The average Bonchev–Trinajstić information content (AvgIpc) is 3.42. The van der Waals surface area contributed by atoms with E-state index in [0.717, 1.165) is 0 Å². The largest absolute Gasteiger partial charge is 0.486 e. The highest BCUT2D eigenvalue weighted by Gasteiger charge is 2.16. The molecule has 0 atom stereocenters. The van der Waals surface area contributed by atoms with E-state index in [1.54, 1.807) is 31.2 Å². The molecule has 0 saturated carbocycles. The molecule has 0 fully saturated rings. The maximum absolute atomic E-state index is 12.4. The second kappa shape index (κ2) is 8.70. The average molecular weight is 444 g/mol. The number of sulfonamides is 1. The molecule has 0 radical (unpaired) electrons. The van der Waals surface area contributed by atoms with Crippen molar-refractivity contribution in [2.24, 2.45) is 0 Å². The molecular formula is C21H20N2O7S. The van der Waals surface area contributed by atoms with Crippen molar-refractivity contribution in [1.29, 1.82) is 0 Å². The number of amides is 1. The van der Waals surface area contributed by atoms with Crippen molar-refractivity contribution in [1.82, 2.24) is 4.72 Å². The molecule has 1 aliphatic heterocycles. The third-order valence-electron chi connectivity index (χ3n) is 4.37. The Morgan fingerprint density at radius 3 is 2.58 bits per heavy atom. The number of hydrogen-bond acceptors (Lipinski definition) is 7. The molecule has 0 aliphatic carbocycles. The molecule has 0 bridgehead atoms. The van der Waals surface area contributed by atoms with Crippen LogP contribution in [0.3, 0.4) is 0 Å². The molecule has 9 nitrogen and oxygen atoms in total. The van der Waals surface area contributed by atoms with Crippen molar-refractivity contribution < 1.29 is 31.8 Å². The van der Waals surface area contributed by atoms with E-state index in [0.29, 0.717) is 35.2 Å². The van der Waals surface area contributed by atoms with Crippen molar-refractivity contribution in [3.8, 4) is 17.2 Å². The summed E-state index contributed by atoms with van der Waals surface area (Å²) in [6.45, 7) is 2.30. The second-order valence-corrected chi connectivity index (χ2v) is 8.32. The van der Waals surface area contributed by atoms with Crippen LogP contribution < -0.4 is 24.2 Å². The van der Waals surface area contributed by atoms with E-state index in [1.165, 1.54) is 30.3 Å². The number of benzene rings is 2. The van der Waals surface area contributed by atoms with Gasteiger partial charge in [0, 0.05) is 18.3 Å². The zero-order chi connectivity index (χ0) is 21.8. The second-order valence-electron chi connectivity index (χ2n) is 6.55. The molecule has 2 N–H and O–H groups in total. The minimum atomic E-state index is -3.55. The van der Waals surface area contributed by atoms with Crippen LogP contribution in [-0.4, -0.2) is 27.7 Å². The van der Waals surface area contributed by atoms with E-state index in [1.807, 2.05) is 0 Å². The molecule has 1 aliphatic rings. The standard InChI is InChI=1S/C21H20N2O7S/c1-2-22-31(25,26)17-7-3-14(4-8-17)23-21(24)19-10-6-16(30-19)12-27-15-5-9-18-20(11-15)29-13-28-18/h3-11,22H,2,12-13H2,1H3,(H,23,24). The molecule has 1 aromatic heterocycles. The summed E-state index contributed by atoms with van der Waals surface area (Å²) in [4.78, 5) is 12.5. The highest BCUT2D eigenvalue weighted by atomic mass is 32.2. The van der Waals surface area contributed by atoms with Crippen LogP contribution in [0.15, 0.2) is 63.9 Å². The minimum absolute atomic E-state index is 0.105. The van der Waals surface area contributed by atoms with Gasteiger partial charge in [0.25, 0.3) is 5.91 Å². The van der Waals surface area contributed by atoms with E-state index in [4.69, 9.17) is 18.6 Å². The molecule has 2 heterocycles. The molecule has 0 saturated heterocycles. The molecule has 0 spiro atoms. The van der Waals surface area contributed by atoms with Crippen LogP contribution in [0, 0.1) is 0 Å². The van der Waals surface area contributed by atoms with Crippen LogP contribution >= 0.6 is 0 Å². The predicted octanol–water partition coefficient (Wildman–Crippen LogP) is 3.14. The summed E-state index contributed by atoms with van der Waals surface area (Å²) in [6, 6.07) is 14.3. The number of carbonyl (C=O) groups is 1. The highest BCUT2D eigenvalue weighted by molar-refractivity contribution is 7.89. The van der Waals surface area contributed by atoms with Gasteiger partial charge >= 0.3 is 0 Å². The van der Waals surface area contributed by atoms with Gasteiger partial charge in [-0.1, -0.05) is 6.92 Å². The lowest BCUT2D eigenvalue weighted by Gasteiger charge is -2.07. The number of anilines is 1. The summed E-state index contributed by atoms with van der Waals surface area (Å²) < 4.78 is 48.1. The van der Waals surface area contributed by atoms with Gasteiger partial charge in [-0.2, -0.15) is 0 Å². The molecule has 0 unspecified atom stereocenters. The Kier molecular flexibility index (Phi) is 5.83. The molecular weight excluding hydrogens is 424 g/mol. The first kappa shape index (κ1) is 20.8. The zero-order valence-corrected chi connectivity index (χ0v) is 17.4. The maximum Gasteiger partial charge on any atom is 0.291 e. The fourth-order valence-corrected chi connectivity index (χ4v) is 3.92. The summed E-state index contributed by atoms with van der Waals surface area (Å²) in [5.74, 6) is 1.97. The molecule has 3 aromatic rings. The van der Waals surface area contributed by atoms with Crippen LogP contribution in [0.1, 0.15) is 23.2 Å². The van der Waals surface area contributed by atoms with Crippen molar-refractivity contribution in [2.45, 2.75) is 18.4 Å². The Hall–Kier alpha value is -3.50. The van der Waals surface area contributed by atoms with Crippen molar-refractivity contribution in [3.05, 3.63) is 66.1 Å². The van der Waals surface area contributed by atoms with Crippen LogP contribution in [0.5, 0.6) is 17.2 Å². The minimum Gasteiger partial charge on any atom is -0.486 e. The first-order chi connectivity index (χ1) is 14.9. The fraction of sp³-hybridized carbons (Fsp3) is 0.190. The number of carbonyl (C=O) groups excluding carboxylic acids is 1. The molecule has 4 rings (SSSR count). The first-order valence-electron chi connectivity index (χ1n) is 9.47. The van der Waals surface area contributed by atoms with Crippen LogP contribution in [0.4, 0.5) is 5.69 Å². The molecule has 31 heavy (non-hydrogen) atoms. The van der Waals surface area contributed by atoms with Crippen LogP contribution in [-0.2, 0) is 16.6 Å². The Bertz CT molecular complexity index is 1190. The Morgan fingerprint density at radius 1 is 1.03 bits per heavy atom. The van der Waals surface area contributed by atoms with E-state index >= 15 is 0 Å². The van der Waals surface area contributed by atoms with Crippen LogP contribution in [0.2, 0.25) is 0 Å². The van der Waals surface area contributed by atoms with Gasteiger partial charge in [-0.25, -0.2) is 13.1 Å². The van der Waals surface area contributed by atoms with Gasteiger partial charge < -0.3 is 23.9 Å². The topological polar surface area (TPSA) is 116 Å². The van der Waals surface area contributed by atoms with Gasteiger partial charge in [-0.3, -0.25) is 4.79 Å². The predicted molar refractivity (Wildman–Crippen MR) is 111 cm³/mol. The number of nitrogens with one attached hydrogen (secondary N) is 2. The normalized spacial score (nSPS) is 12.5. The van der Waals surface area contributed by atoms with E-state index in [-0.39, 0.29) is 24.1 Å². The Labute approximate surface area is 179 Å². The number of hydrogen-bond donors (Lipinski definition) is 2. The SMILES string of the molecule is CCNS(=O)(=O)c1ccc(NC(=O)c2ccc(COc3ccc4c(c3)OCO4)o2)cc1. The number of ether oxygens (including phenoxy) is 3. The van der Waals surface area contributed by atoms with E-state index < -0.39 is 15.9 Å². The van der Waals surface area contributed by atoms with E-state index in [2.05, 4.69) is 10.0 Å². The van der Waals surface area contributed by atoms with Crippen molar-refractivity contribution in [2.75, 3.05) is 18.7 Å². The lowest BCUT2D eigenvalue weighted by Crippen LogP contribution is -2.23. The van der Waals surface area contributed by atoms with E-state index in [9.17, 15) is 13.2 Å². The van der Waals surface area contributed by atoms with Crippen LogP contribution in [0.25, 0.3) is 0 Å². The third-order valence-corrected chi connectivity index (χ3v) is 5.93. The summed E-state index contributed by atoms with van der Waals surface area (Å²) in [5, 5.41) is 2.67. The van der Waals surface area contributed by atoms with Gasteiger partial charge in [0.05, 0.1) is 4.90 Å². The lowest BCUT2D eigenvalue weighted by molar-refractivity contribution is 0.0992. The Morgan fingerprint density at radius 2 is 1.81 bits per heavy atom. The summed E-state index contributed by atoms with van der Waals surface area (Å²) >= 11 is 0. The third kappa shape index (κ3) is 4.81. The van der Waals surface area contributed by atoms with Gasteiger partial charge in [-0.05, 0) is 48.5 Å². The van der Waals surface area contributed by atoms with Gasteiger partial charge in [0.15, 0.2) is 17.3 Å². The van der Waals surface area contributed by atoms with Gasteiger partial charge in [0.2, 0.25) is 16.8 Å². The first-order valence-corrected chi connectivity index (χ1v) is 10.9. The fourth-order valence-electron chi connectivity index (χ4n) is 2.88. The summed E-state index contributed by atoms with van der Waals surface area (Å²) in [7, 11) is -3.55. The quantitative estimate of drug-likeness (QED) is 0.548. The molecule has 2 aromatic carbocycles. The maximum atomic E-state index is 12.4. The number of rotatable bonds is 8. The zero-order valence-electron chi connectivity index (χ0n) is 16.6. The summed E-state index contributed by atoms with van der Waals surface area (Å²) in [6.07, 6.45) is 0.